The Morgan fingerprint density at radius 3 is 2.59 bits per heavy atom. The Morgan fingerprint density at radius 1 is 1.19 bits per heavy atom. The number of hydrogen-bond donors (Lipinski definition) is 0. The van der Waals surface area contributed by atoms with Gasteiger partial charge in [-0.1, -0.05) is 43.8 Å². The summed E-state index contributed by atoms with van der Waals surface area (Å²) in [6.45, 7) is 7.00. The third-order valence-electron chi connectivity index (χ3n) is 4.10. The van der Waals surface area contributed by atoms with E-state index in [0.717, 1.165) is 17.5 Å². The summed E-state index contributed by atoms with van der Waals surface area (Å²) in [7, 11) is 0. The third kappa shape index (κ3) is 4.55. The molecule has 0 fully saturated rings. The number of aromatic nitrogens is 3. The Kier molecular flexibility index (Phi) is 5.95. The van der Waals surface area contributed by atoms with Gasteiger partial charge in [-0.2, -0.15) is 13.2 Å². The molecule has 0 amide bonds. The van der Waals surface area contributed by atoms with E-state index in [1.807, 2.05) is 11.5 Å². The van der Waals surface area contributed by atoms with E-state index in [2.05, 4.69) is 35.5 Å². The summed E-state index contributed by atoms with van der Waals surface area (Å²) in [5.74, 6) is 1.66. The number of thioether (sulfide) groups is 1. The molecule has 144 valence electrons. The van der Waals surface area contributed by atoms with Crippen LogP contribution >= 0.6 is 23.1 Å². The van der Waals surface area contributed by atoms with Crippen molar-refractivity contribution in [1.82, 2.24) is 14.8 Å². The number of thiophene rings is 1. The van der Waals surface area contributed by atoms with Gasteiger partial charge in [0, 0.05) is 28.1 Å². The summed E-state index contributed by atoms with van der Waals surface area (Å²) < 4.78 is 40.6. The second kappa shape index (κ2) is 8.06. The molecule has 0 saturated carbocycles. The number of rotatable bonds is 6. The highest BCUT2D eigenvalue weighted by Crippen LogP contribution is 2.33. The first-order valence-electron chi connectivity index (χ1n) is 8.60. The second-order valence-electron chi connectivity index (χ2n) is 6.43. The average molecular weight is 412 g/mol. The number of halogens is 3. The fraction of sp³-hybridized carbons (Fsp3) is 0.368. The van der Waals surface area contributed by atoms with Gasteiger partial charge in [0.25, 0.3) is 0 Å². The van der Waals surface area contributed by atoms with Crippen molar-refractivity contribution in [2.45, 2.75) is 50.3 Å². The van der Waals surface area contributed by atoms with Gasteiger partial charge in [-0.15, -0.1) is 21.5 Å². The Labute approximate surface area is 164 Å². The highest BCUT2D eigenvalue weighted by molar-refractivity contribution is 7.98. The van der Waals surface area contributed by atoms with Crippen molar-refractivity contribution in [3.05, 3.63) is 51.7 Å². The van der Waals surface area contributed by atoms with Gasteiger partial charge in [0.15, 0.2) is 11.0 Å². The van der Waals surface area contributed by atoms with Gasteiger partial charge in [0.1, 0.15) is 0 Å². The predicted octanol–water partition coefficient (Wildman–Crippen LogP) is 6.46. The van der Waals surface area contributed by atoms with Crippen LogP contribution < -0.4 is 0 Å². The van der Waals surface area contributed by atoms with Crippen LogP contribution in [-0.4, -0.2) is 14.8 Å². The molecule has 3 aromatic rings. The summed E-state index contributed by atoms with van der Waals surface area (Å²) in [4.78, 5) is 1.29. The van der Waals surface area contributed by atoms with E-state index in [1.165, 1.54) is 28.8 Å². The van der Waals surface area contributed by atoms with E-state index in [4.69, 9.17) is 0 Å². The molecule has 27 heavy (non-hydrogen) atoms. The van der Waals surface area contributed by atoms with Crippen LogP contribution in [0.15, 0.2) is 40.9 Å². The highest BCUT2D eigenvalue weighted by Gasteiger charge is 2.30. The van der Waals surface area contributed by atoms with Gasteiger partial charge in [-0.3, -0.25) is 0 Å². The molecule has 0 atom stereocenters. The molecule has 0 N–H and O–H groups in total. The molecule has 0 saturated heterocycles. The second-order valence-corrected chi connectivity index (χ2v) is 8.32. The van der Waals surface area contributed by atoms with E-state index in [1.54, 1.807) is 17.4 Å². The fourth-order valence-corrected chi connectivity index (χ4v) is 4.50. The Bertz CT molecular complexity index is 913. The zero-order chi connectivity index (χ0) is 19.6. The van der Waals surface area contributed by atoms with Crippen molar-refractivity contribution < 1.29 is 13.2 Å². The minimum absolute atomic E-state index is 0.406. The van der Waals surface area contributed by atoms with Crippen LogP contribution in [0.2, 0.25) is 0 Å². The number of nitrogens with zero attached hydrogens (tertiary/aromatic N) is 3. The monoisotopic (exact) mass is 411 g/mol. The van der Waals surface area contributed by atoms with E-state index < -0.39 is 11.7 Å². The molecule has 0 aliphatic heterocycles. The van der Waals surface area contributed by atoms with E-state index in [-0.39, 0.29) is 0 Å². The molecule has 8 heteroatoms. The molecule has 3 nitrogen and oxygen atoms in total. The van der Waals surface area contributed by atoms with Crippen molar-refractivity contribution in [2.75, 3.05) is 0 Å². The maximum absolute atomic E-state index is 12.9. The predicted molar refractivity (Wildman–Crippen MR) is 104 cm³/mol. The molecule has 2 aromatic heterocycles. The quantitative estimate of drug-likeness (QED) is 0.436. The smallest absolute Gasteiger partial charge is 0.302 e. The highest BCUT2D eigenvalue weighted by atomic mass is 32.2. The van der Waals surface area contributed by atoms with E-state index in [9.17, 15) is 13.2 Å². The van der Waals surface area contributed by atoms with Gasteiger partial charge in [-0.05, 0) is 30.5 Å². The molecule has 0 spiro atoms. The lowest BCUT2D eigenvalue weighted by Crippen LogP contribution is -2.05. The summed E-state index contributed by atoms with van der Waals surface area (Å²) in [6.07, 6.45) is -4.33. The van der Waals surface area contributed by atoms with Gasteiger partial charge in [-0.25, -0.2) is 0 Å². The molecular formula is C19H20F3N3S2. The number of alkyl halides is 3. The van der Waals surface area contributed by atoms with Gasteiger partial charge >= 0.3 is 6.18 Å². The lowest BCUT2D eigenvalue weighted by molar-refractivity contribution is -0.137. The van der Waals surface area contributed by atoms with Crippen LogP contribution in [0.1, 0.15) is 42.7 Å². The van der Waals surface area contributed by atoms with Crippen LogP contribution in [0.5, 0.6) is 0 Å². The van der Waals surface area contributed by atoms with Crippen molar-refractivity contribution >= 4 is 23.1 Å². The topological polar surface area (TPSA) is 30.7 Å². The minimum Gasteiger partial charge on any atom is -0.302 e. The molecule has 0 radical (unpaired) electrons. The van der Waals surface area contributed by atoms with Crippen molar-refractivity contribution in [1.29, 1.82) is 0 Å². The summed E-state index contributed by atoms with van der Waals surface area (Å²) in [6, 6.07) is 7.54. The average Bonchev–Trinajstić information content (AvgIpc) is 3.26. The number of hydrogen-bond acceptors (Lipinski definition) is 4. The zero-order valence-electron chi connectivity index (χ0n) is 15.2. The summed E-state index contributed by atoms with van der Waals surface area (Å²) >= 11 is 3.10. The van der Waals surface area contributed by atoms with Crippen LogP contribution in [-0.2, 0) is 18.5 Å². The van der Waals surface area contributed by atoms with Gasteiger partial charge < -0.3 is 4.57 Å². The lowest BCUT2D eigenvalue weighted by atomic mass is 10.1. The van der Waals surface area contributed by atoms with Crippen LogP contribution in [0.3, 0.4) is 0 Å². The largest absolute Gasteiger partial charge is 0.416 e. The molecule has 0 unspecified atom stereocenters. The van der Waals surface area contributed by atoms with Crippen molar-refractivity contribution in [3.63, 3.8) is 0 Å². The minimum atomic E-state index is -4.33. The molecule has 2 heterocycles. The summed E-state index contributed by atoms with van der Waals surface area (Å²) in [5, 5.41) is 11.4. The maximum Gasteiger partial charge on any atom is 0.416 e. The van der Waals surface area contributed by atoms with E-state index >= 15 is 0 Å². The molecule has 3 rings (SSSR count). The fourth-order valence-electron chi connectivity index (χ4n) is 2.65. The Morgan fingerprint density at radius 2 is 1.96 bits per heavy atom. The van der Waals surface area contributed by atoms with Gasteiger partial charge in [0.2, 0.25) is 0 Å². The van der Waals surface area contributed by atoms with Crippen LogP contribution in [0.25, 0.3) is 11.4 Å². The molecule has 1 aromatic carbocycles. The Balaban J connectivity index is 1.79. The SMILES string of the molecule is CCn1c(SCc2cccc(C(F)(F)F)c2)nnc1-c1csc(C(C)C)c1. The zero-order valence-corrected chi connectivity index (χ0v) is 16.9. The van der Waals surface area contributed by atoms with Crippen LogP contribution in [0, 0.1) is 0 Å². The first-order chi connectivity index (χ1) is 12.8. The third-order valence-corrected chi connectivity index (χ3v) is 6.37. The van der Waals surface area contributed by atoms with Crippen LogP contribution in [0.4, 0.5) is 13.2 Å². The molecule has 0 aliphatic rings. The van der Waals surface area contributed by atoms with Crippen molar-refractivity contribution in [3.8, 4) is 11.4 Å². The lowest BCUT2D eigenvalue weighted by Gasteiger charge is -2.09. The van der Waals surface area contributed by atoms with E-state index in [0.29, 0.717) is 28.9 Å². The maximum atomic E-state index is 12.9. The van der Waals surface area contributed by atoms with Gasteiger partial charge in [0.05, 0.1) is 5.56 Å². The molecule has 0 bridgehead atoms. The first kappa shape index (κ1) is 19.9. The van der Waals surface area contributed by atoms with Crippen molar-refractivity contribution in [2.24, 2.45) is 0 Å². The molecule has 0 aliphatic carbocycles. The standard InChI is InChI=1S/C19H20F3N3S2/c1-4-25-17(14-9-16(12(2)3)26-11-14)23-24-18(25)27-10-13-6-5-7-15(8-13)19(20,21)22/h5-9,11-12H,4,10H2,1-3H3. The number of benzene rings is 1. The first-order valence-corrected chi connectivity index (χ1v) is 10.5. The summed E-state index contributed by atoms with van der Waals surface area (Å²) in [5.41, 5.74) is 1.02. The normalized spacial score (nSPS) is 12.1. The Hall–Kier alpha value is -1.80. The molecular weight excluding hydrogens is 391 g/mol.